The van der Waals surface area contributed by atoms with E-state index in [2.05, 4.69) is 6.92 Å². The fourth-order valence-corrected chi connectivity index (χ4v) is 3.35. The largest absolute Gasteiger partial charge is 0.382 e. The van der Waals surface area contributed by atoms with Gasteiger partial charge in [-0.15, -0.1) is 11.6 Å². The van der Waals surface area contributed by atoms with Gasteiger partial charge in [0.2, 0.25) is 0 Å². The molecule has 12 heavy (non-hydrogen) atoms. The highest BCUT2D eigenvalue weighted by molar-refractivity contribution is 6.18. The molecule has 0 heterocycles. The molecule has 3 fully saturated rings. The maximum Gasteiger partial charge on any atom is 0.0471 e. The van der Waals surface area contributed by atoms with Crippen LogP contribution in [0.3, 0.4) is 0 Å². The van der Waals surface area contributed by atoms with Crippen LogP contribution < -0.4 is 0 Å². The summed E-state index contributed by atoms with van der Waals surface area (Å²) in [7, 11) is 0. The summed E-state index contributed by atoms with van der Waals surface area (Å²) in [5.74, 6) is 0.878. The van der Waals surface area contributed by atoms with Crippen LogP contribution in [-0.2, 0) is 4.74 Å². The maximum absolute atomic E-state index is 5.87. The first kappa shape index (κ1) is 8.83. The van der Waals surface area contributed by atoms with E-state index < -0.39 is 0 Å². The SMILES string of the molecule is CCOCCC12CC(CCl)(C1)C2. The molecular weight excluding hydrogens is 172 g/mol. The Morgan fingerprint density at radius 1 is 1.25 bits per heavy atom. The highest BCUT2D eigenvalue weighted by atomic mass is 35.5. The second kappa shape index (κ2) is 2.88. The Morgan fingerprint density at radius 3 is 2.42 bits per heavy atom. The molecule has 0 radical (unpaired) electrons. The third-order valence-electron chi connectivity index (χ3n) is 3.51. The number of hydrogen-bond acceptors (Lipinski definition) is 1. The number of rotatable bonds is 5. The summed E-state index contributed by atoms with van der Waals surface area (Å²) >= 11 is 5.87. The van der Waals surface area contributed by atoms with Crippen LogP contribution in [0.5, 0.6) is 0 Å². The van der Waals surface area contributed by atoms with Crippen molar-refractivity contribution < 1.29 is 4.74 Å². The molecule has 2 bridgehead atoms. The van der Waals surface area contributed by atoms with Gasteiger partial charge in [0.25, 0.3) is 0 Å². The zero-order chi connectivity index (χ0) is 8.66. The van der Waals surface area contributed by atoms with Crippen molar-refractivity contribution in [3.8, 4) is 0 Å². The standard InChI is InChI=1S/C10H17ClO/c1-2-12-4-3-9-5-10(6-9,7-9)8-11/h2-8H2,1H3. The van der Waals surface area contributed by atoms with Gasteiger partial charge in [-0.3, -0.25) is 0 Å². The quantitative estimate of drug-likeness (QED) is 0.476. The lowest BCUT2D eigenvalue weighted by Gasteiger charge is -2.71. The van der Waals surface area contributed by atoms with E-state index in [9.17, 15) is 0 Å². The first-order valence-electron chi connectivity index (χ1n) is 4.88. The summed E-state index contributed by atoms with van der Waals surface area (Å²) in [5.41, 5.74) is 1.25. The molecule has 0 saturated heterocycles. The van der Waals surface area contributed by atoms with Gasteiger partial charge in [0.1, 0.15) is 0 Å². The number of hydrogen-bond donors (Lipinski definition) is 0. The Hall–Kier alpha value is 0.250. The minimum absolute atomic E-state index is 0.577. The van der Waals surface area contributed by atoms with E-state index in [1.165, 1.54) is 25.7 Å². The van der Waals surface area contributed by atoms with E-state index >= 15 is 0 Å². The number of alkyl halides is 1. The van der Waals surface area contributed by atoms with Crippen LogP contribution in [0.2, 0.25) is 0 Å². The Labute approximate surface area is 79.4 Å². The van der Waals surface area contributed by atoms with E-state index in [4.69, 9.17) is 16.3 Å². The first-order chi connectivity index (χ1) is 5.74. The molecule has 0 aromatic carbocycles. The second-order valence-electron chi connectivity index (χ2n) is 4.61. The van der Waals surface area contributed by atoms with Crippen molar-refractivity contribution in [2.45, 2.75) is 32.6 Å². The third kappa shape index (κ3) is 1.18. The lowest BCUT2D eigenvalue weighted by molar-refractivity contribution is -0.198. The van der Waals surface area contributed by atoms with Gasteiger partial charge in [-0.2, -0.15) is 0 Å². The summed E-state index contributed by atoms with van der Waals surface area (Å²) in [4.78, 5) is 0. The molecule has 70 valence electrons. The molecule has 0 aromatic rings. The van der Waals surface area contributed by atoms with Crippen molar-refractivity contribution in [2.24, 2.45) is 10.8 Å². The minimum atomic E-state index is 0.577. The zero-order valence-electron chi connectivity index (χ0n) is 7.74. The van der Waals surface area contributed by atoms with Crippen LogP contribution in [0.15, 0.2) is 0 Å². The Kier molecular flexibility index (Phi) is 2.12. The van der Waals surface area contributed by atoms with Gasteiger partial charge in [-0.05, 0) is 43.4 Å². The fraction of sp³-hybridized carbons (Fsp3) is 1.00. The average molecular weight is 189 g/mol. The Bertz CT molecular complexity index is 159. The van der Waals surface area contributed by atoms with Crippen molar-refractivity contribution in [3.63, 3.8) is 0 Å². The molecule has 3 rings (SSSR count). The van der Waals surface area contributed by atoms with Crippen LogP contribution >= 0.6 is 11.6 Å². The van der Waals surface area contributed by atoms with E-state index in [1.807, 2.05) is 0 Å². The molecule has 3 aliphatic rings. The van der Waals surface area contributed by atoms with Crippen molar-refractivity contribution in [1.82, 2.24) is 0 Å². The summed E-state index contributed by atoms with van der Waals surface area (Å²) in [6, 6.07) is 0. The Morgan fingerprint density at radius 2 is 1.92 bits per heavy atom. The minimum Gasteiger partial charge on any atom is -0.382 e. The molecule has 0 amide bonds. The molecule has 0 N–H and O–H groups in total. The van der Waals surface area contributed by atoms with Gasteiger partial charge in [-0.25, -0.2) is 0 Å². The van der Waals surface area contributed by atoms with Crippen molar-refractivity contribution in [1.29, 1.82) is 0 Å². The van der Waals surface area contributed by atoms with Gasteiger partial charge >= 0.3 is 0 Å². The normalized spacial score (nSPS) is 43.5. The number of halogens is 1. The molecule has 0 spiro atoms. The zero-order valence-corrected chi connectivity index (χ0v) is 8.49. The lowest BCUT2D eigenvalue weighted by atomic mass is 9.35. The van der Waals surface area contributed by atoms with Gasteiger partial charge in [-0.1, -0.05) is 0 Å². The van der Waals surface area contributed by atoms with Crippen molar-refractivity contribution >= 4 is 11.6 Å². The average Bonchev–Trinajstić information content (AvgIpc) is 1.92. The summed E-state index contributed by atoms with van der Waals surface area (Å²) in [6.07, 6.45) is 5.38. The summed E-state index contributed by atoms with van der Waals surface area (Å²) in [6.45, 7) is 3.87. The molecule has 3 aliphatic carbocycles. The van der Waals surface area contributed by atoms with Crippen LogP contribution in [0.4, 0.5) is 0 Å². The van der Waals surface area contributed by atoms with Gasteiger partial charge in [0.05, 0.1) is 0 Å². The monoisotopic (exact) mass is 188 g/mol. The predicted molar refractivity (Wildman–Crippen MR) is 50.5 cm³/mol. The molecule has 0 aromatic heterocycles. The van der Waals surface area contributed by atoms with Crippen LogP contribution in [-0.4, -0.2) is 19.1 Å². The third-order valence-corrected chi connectivity index (χ3v) is 4.08. The molecular formula is C10H17ClO. The molecule has 0 aliphatic heterocycles. The lowest BCUT2D eigenvalue weighted by Crippen LogP contribution is -2.62. The van der Waals surface area contributed by atoms with Gasteiger partial charge in [0.15, 0.2) is 0 Å². The number of ether oxygens (including phenoxy) is 1. The fourth-order valence-electron chi connectivity index (χ4n) is 3.07. The summed E-state index contributed by atoms with van der Waals surface area (Å²) < 4.78 is 5.36. The summed E-state index contributed by atoms with van der Waals surface area (Å²) in [5, 5.41) is 0. The highest BCUT2D eigenvalue weighted by Crippen LogP contribution is 2.75. The van der Waals surface area contributed by atoms with Crippen LogP contribution in [0.25, 0.3) is 0 Å². The van der Waals surface area contributed by atoms with Gasteiger partial charge < -0.3 is 4.74 Å². The second-order valence-corrected chi connectivity index (χ2v) is 4.88. The van der Waals surface area contributed by atoms with E-state index in [1.54, 1.807) is 0 Å². The Balaban J connectivity index is 1.67. The molecule has 0 unspecified atom stereocenters. The van der Waals surface area contributed by atoms with E-state index in [0.717, 1.165) is 19.1 Å². The highest BCUT2D eigenvalue weighted by Gasteiger charge is 2.66. The smallest absolute Gasteiger partial charge is 0.0471 e. The van der Waals surface area contributed by atoms with Crippen LogP contribution in [0, 0.1) is 10.8 Å². The molecule has 2 heteroatoms. The van der Waals surface area contributed by atoms with Crippen molar-refractivity contribution in [3.05, 3.63) is 0 Å². The van der Waals surface area contributed by atoms with Crippen molar-refractivity contribution in [2.75, 3.05) is 19.1 Å². The maximum atomic E-state index is 5.87. The van der Waals surface area contributed by atoms with Gasteiger partial charge in [0, 0.05) is 19.1 Å². The van der Waals surface area contributed by atoms with Crippen LogP contribution in [0.1, 0.15) is 32.6 Å². The topological polar surface area (TPSA) is 9.23 Å². The van der Waals surface area contributed by atoms with E-state index in [-0.39, 0.29) is 0 Å². The molecule has 0 atom stereocenters. The molecule has 1 nitrogen and oxygen atoms in total. The van der Waals surface area contributed by atoms with E-state index in [0.29, 0.717) is 10.8 Å². The first-order valence-corrected chi connectivity index (χ1v) is 5.41. The molecule has 3 saturated carbocycles. The predicted octanol–water partition coefficient (Wildman–Crippen LogP) is 2.82.